The number of hydrogen-bond donors (Lipinski definition) is 2. The molecule has 0 spiro atoms. The SMILES string of the molecule is Cc1cc(CNCCCNC(C)C)n(C)n1. The van der Waals surface area contributed by atoms with Gasteiger partial charge < -0.3 is 10.6 Å². The molecule has 1 rings (SSSR count). The van der Waals surface area contributed by atoms with E-state index in [0.29, 0.717) is 6.04 Å². The third kappa shape index (κ3) is 4.77. The second-order valence-electron chi connectivity index (χ2n) is 4.54. The molecular weight excluding hydrogens is 200 g/mol. The average Bonchev–Trinajstić information content (AvgIpc) is 2.50. The van der Waals surface area contributed by atoms with Crippen LogP contribution in [0.4, 0.5) is 0 Å². The molecule has 0 aromatic carbocycles. The summed E-state index contributed by atoms with van der Waals surface area (Å²) in [7, 11) is 1.99. The Hall–Kier alpha value is -0.870. The standard InChI is InChI=1S/C12H24N4/c1-10(2)14-7-5-6-13-9-12-8-11(3)15-16(12)4/h8,10,13-14H,5-7,9H2,1-4H3. The van der Waals surface area contributed by atoms with Crippen LogP contribution in [0.3, 0.4) is 0 Å². The van der Waals surface area contributed by atoms with Gasteiger partial charge in [0, 0.05) is 19.6 Å². The van der Waals surface area contributed by atoms with Crippen molar-refractivity contribution in [3.05, 3.63) is 17.5 Å². The van der Waals surface area contributed by atoms with Crippen LogP contribution in [0.5, 0.6) is 0 Å². The van der Waals surface area contributed by atoms with Gasteiger partial charge >= 0.3 is 0 Å². The molecule has 0 aliphatic rings. The maximum atomic E-state index is 4.31. The maximum absolute atomic E-state index is 4.31. The van der Waals surface area contributed by atoms with E-state index in [1.807, 2.05) is 18.7 Å². The first-order valence-electron chi connectivity index (χ1n) is 6.03. The molecule has 0 saturated carbocycles. The molecule has 0 unspecified atom stereocenters. The highest BCUT2D eigenvalue weighted by molar-refractivity contribution is 5.08. The molecule has 16 heavy (non-hydrogen) atoms. The lowest BCUT2D eigenvalue weighted by Gasteiger charge is -2.08. The number of hydrogen-bond acceptors (Lipinski definition) is 3. The lowest BCUT2D eigenvalue weighted by atomic mass is 10.3. The average molecular weight is 224 g/mol. The molecule has 0 saturated heterocycles. The van der Waals surface area contributed by atoms with Gasteiger partial charge in [0.05, 0.1) is 11.4 Å². The van der Waals surface area contributed by atoms with Crippen molar-refractivity contribution in [1.29, 1.82) is 0 Å². The predicted molar refractivity (Wildman–Crippen MR) is 67.4 cm³/mol. The minimum absolute atomic E-state index is 0.583. The van der Waals surface area contributed by atoms with Crippen molar-refractivity contribution in [3.63, 3.8) is 0 Å². The summed E-state index contributed by atoms with van der Waals surface area (Å²) in [6, 6.07) is 2.71. The minimum Gasteiger partial charge on any atom is -0.314 e. The van der Waals surface area contributed by atoms with E-state index in [1.165, 1.54) is 5.69 Å². The topological polar surface area (TPSA) is 41.9 Å². The number of rotatable bonds is 7. The van der Waals surface area contributed by atoms with Crippen LogP contribution >= 0.6 is 0 Å². The summed E-state index contributed by atoms with van der Waals surface area (Å²) in [5, 5.41) is 11.1. The summed E-state index contributed by atoms with van der Waals surface area (Å²) in [5.41, 5.74) is 2.33. The van der Waals surface area contributed by atoms with Gasteiger partial charge in [-0.05, 0) is 32.5 Å². The van der Waals surface area contributed by atoms with Gasteiger partial charge in [-0.1, -0.05) is 13.8 Å². The summed E-state index contributed by atoms with van der Waals surface area (Å²) in [5.74, 6) is 0. The molecule has 0 bridgehead atoms. The van der Waals surface area contributed by atoms with Crippen LogP contribution in [-0.2, 0) is 13.6 Å². The van der Waals surface area contributed by atoms with Crippen LogP contribution in [0.25, 0.3) is 0 Å². The van der Waals surface area contributed by atoms with Gasteiger partial charge in [0.15, 0.2) is 0 Å². The van der Waals surface area contributed by atoms with Crippen molar-refractivity contribution in [2.24, 2.45) is 7.05 Å². The first-order valence-corrected chi connectivity index (χ1v) is 6.03. The predicted octanol–water partition coefficient (Wildman–Crippen LogP) is 1.21. The Labute approximate surface area is 98.4 Å². The fourth-order valence-electron chi connectivity index (χ4n) is 1.65. The number of nitrogens with one attached hydrogen (secondary N) is 2. The van der Waals surface area contributed by atoms with Gasteiger partial charge in [0.2, 0.25) is 0 Å². The molecule has 0 fully saturated rings. The van der Waals surface area contributed by atoms with E-state index in [4.69, 9.17) is 0 Å². The summed E-state index contributed by atoms with van der Waals surface area (Å²) in [4.78, 5) is 0. The second kappa shape index (κ2) is 6.66. The van der Waals surface area contributed by atoms with Crippen LogP contribution in [0, 0.1) is 6.92 Å². The van der Waals surface area contributed by atoms with Crippen LogP contribution in [0.15, 0.2) is 6.07 Å². The first-order chi connectivity index (χ1) is 7.59. The molecule has 0 atom stereocenters. The number of aromatic nitrogens is 2. The maximum Gasteiger partial charge on any atom is 0.0597 e. The Morgan fingerprint density at radius 2 is 2.12 bits per heavy atom. The summed E-state index contributed by atoms with van der Waals surface area (Å²) in [6.45, 7) is 9.39. The Bertz CT molecular complexity index is 304. The zero-order valence-electron chi connectivity index (χ0n) is 10.9. The van der Waals surface area contributed by atoms with E-state index in [0.717, 1.165) is 31.7 Å². The molecule has 1 aromatic heterocycles. The molecule has 2 N–H and O–H groups in total. The van der Waals surface area contributed by atoms with Crippen molar-refractivity contribution in [2.75, 3.05) is 13.1 Å². The van der Waals surface area contributed by atoms with E-state index >= 15 is 0 Å². The largest absolute Gasteiger partial charge is 0.314 e. The smallest absolute Gasteiger partial charge is 0.0597 e. The van der Waals surface area contributed by atoms with Crippen LogP contribution in [0.2, 0.25) is 0 Å². The summed E-state index contributed by atoms with van der Waals surface area (Å²) >= 11 is 0. The molecule has 4 nitrogen and oxygen atoms in total. The zero-order valence-corrected chi connectivity index (χ0v) is 10.9. The Morgan fingerprint density at radius 1 is 1.38 bits per heavy atom. The molecule has 0 aliphatic carbocycles. The minimum atomic E-state index is 0.583. The van der Waals surface area contributed by atoms with Crippen molar-refractivity contribution >= 4 is 0 Å². The summed E-state index contributed by atoms with van der Waals surface area (Å²) in [6.07, 6.45) is 1.16. The molecular formula is C12H24N4. The third-order valence-electron chi connectivity index (χ3n) is 2.49. The Kier molecular flexibility index (Phi) is 5.49. The third-order valence-corrected chi connectivity index (χ3v) is 2.49. The van der Waals surface area contributed by atoms with E-state index in [-0.39, 0.29) is 0 Å². The fourth-order valence-corrected chi connectivity index (χ4v) is 1.65. The van der Waals surface area contributed by atoms with Gasteiger partial charge in [-0.15, -0.1) is 0 Å². The highest BCUT2D eigenvalue weighted by Crippen LogP contribution is 2.00. The van der Waals surface area contributed by atoms with Crippen LogP contribution < -0.4 is 10.6 Å². The van der Waals surface area contributed by atoms with E-state index in [9.17, 15) is 0 Å². The zero-order chi connectivity index (χ0) is 12.0. The van der Waals surface area contributed by atoms with E-state index in [1.54, 1.807) is 0 Å². The van der Waals surface area contributed by atoms with Gasteiger partial charge in [-0.2, -0.15) is 5.10 Å². The van der Waals surface area contributed by atoms with Crippen molar-refractivity contribution < 1.29 is 0 Å². The quantitative estimate of drug-likeness (QED) is 0.684. The lowest BCUT2D eigenvalue weighted by molar-refractivity contribution is 0.540. The van der Waals surface area contributed by atoms with Crippen molar-refractivity contribution in [2.45, 2.75) is 39.8 Å². The van der Waals surface area contributed by atoms with Crippen molar-refractivity contribution in [1.82, 2.24) is 20.4 Å². The lowest BCUT2D eigenvalue weighted by Crippen LogP contribution is -2.27. The highest BCUT2D eigenvalue weighted by atomic mass is 15.3. The molecule has 0 aliphatic heterocycles. The Morgan fingerprint density at radius 3 is 2.69 bits per heavy atom. The Balaban J connectivity index is 2.09. The van der Waals surface area contributed by atoms with Gasteiger partial charge in [0.1, 0.15) is 0 Å². The normalized spacial score (nSPS) is 11.3. The summed E-state index contributed by atoms with van der Waals surface area (Å²) < 4.78 is 1.94. The molecule has 0 radical (unpaired) electrons. The molecule has 1 heterocycles. The van der Waals surface area contributed by atoms with Gasteiger partial charge in [-0.25, -0.2) is 0 Å². The highest BCUT2D eigenvalue weighted by Gasteiger charge is 2.00. The monoisotopic (exact) mass is 224 g/mol. The van der Waals surface area contributed by atoms with Crippen molar-refractivity contribution in [3.8, 4) is 0 Å². The number of aryl methyl sites for hydroxylation is 2. The van der Waals surface area contributed by atoms with E-state index in [2.05, 4.69) is 35.6 Å². The molecule has 92 valence electrons. The van der Waals surface area contributed by atoms with Crippen LogP contribution in [0.1, 0.15) is 31.7 Å². The number of nitrogens with zero attached hydrogens (tertiary/aromatic N) is 2. The van der Waals surface area contributed by atoms with Gasteiger partial charge in [0.25, 0.3) is 0 Å². The van der Waals surface area contributed by atoms with Crippen LogP contribution in [-0.4, -0.2) is 28.9 Å². The fraction of sp³-hybridized carbons (Fsp3) is 0.750. The first kappa shape index (κ1) is 13.2. The van der Waals surface area contributed by atoms with Gasteiger partial charge in [-0.3, -0.25) is 4.68 Å². The van der Waals surface area contributed by atoms with E-state index < -0.39 is 0 Å². The molecule has 0 amide bonds. The molecule has 4 heteroatoms. The second-order valence-corrected chi connectivity index (χ2v) is 4.54. The molecule has 1 aromatic rings.